The fourth-order valence-electron chi connectivity index (χ4n) is 1.97. The van der Waals surface area contributed by atoms with Gasteiger partial charge < -0.3 is 4.74 Å². The van der Waals surface area contributed by atoms with Crippen molar-refractivity contribution in [2.45, 2.75) is 13.8 Å². The number of hydrogen-bond acceptors (Lipinski definition) is 4. The van der Waals surface area contributed by atoms with Crippen LogP contribution in [0.15, 0.2) is 30.3 Å². The van der Waals surface area contributed by atoms with Gasteiger partial charge in [0.1, 0.15) is 23.6 Å². The van der Waals surface area contributed by atoms with Gasteiger partial charge in [-0.15, -0.1) is 0 Å². The molecule has 0 aliphatic rings. The van der Waals surface area contributed by atoms with Gasteiger partial charge in [-0.1, -0.05) is 0 Å². The van der Waals surface area contributed by atoms with Crippen molar-refractivity contribution in [1.29, 1.82) is 0 Å². The highest BCUT2D eigenvalue weighted by molar-refractivity contribution is 5.75. The Morgan fingerprint density at radius 1 is 1.14 bits per heavy atom. The molecule has 21 heavy (non-hydrogen) atoms. The molecule has 0 bridgehead atoms. The molecule has 2 rings (SSSR count). The first kappa shape index (κ1) is 14.6. The van der Waals surface area contributed by atoms with Gasteiger partial charge in [0.15, 0.2) is 0 Å². The van der Waals surface area contributed by atoms with E-state index in [1.807, 2.05) is 0 Å². The van der Waals surface area contributed by atoms with Gasteiger partial charge in [0.2, 0.25) is 0 Å². The third-order valence-electron chi connectivity index (χ3n) is 2.95. The van der Waals surface area contributed by atoms with Gasteiger partial charge in [-0.25, -0.2) is 4.39 Å². The molecule has 108 valence electrons. The van der Waals surface area contributed by atoms with E-state index in [1.54, 1.807) is 19.9 Å². The second-order valence-corrected chi connectivity index (χ2v) is 4.60. The third-order valence-corrected chi connectivity index (χ3v) is 2.95. The summed E-state index contributed by atoms with van der Waals surface area (Å²) in [7, 11) is 0. The van der Waals surface area contributed by atoms with E-state index in [9.17, 15) is 19.3 Å². The van der Waals surface area contributed by atoms with Crippen LogP contribution in [0.2, 0.25) is 0 Å². The lowest BCUT2D eigenvalue weighted by Gasteiger charge is -2.10. The van der Waals surface area contributed by atoms with E-state index < -0.39 is 10.7 Å². The molecular weight excluding hydrogens is 277 g/mol. The molecule has 0 atom stereocenters. The van der Waals surface area contributed by atoms with E-state index in [0.29, 0.717) is 17.4 Å². The Hall–Kier alpha value is -2.76. The van der Waals surface area contributed by atoms with Crippen LogP contribution in [0.3, 0.4) is 0 Å². The Morgan fingerprint density at radius 3 is 2.48 bits per heavy atom. The molecule has 0 amide bonds. The van der Waals surface area contributed by atoms with Crippen LogP contribution < -0.4 is 4.74 Å². The van der Waals surface area contributed by atoms with Gasteiger partial charge in [0.25, 0.3) is 5.69 Å². The summed E-state index contributed by atoms with van der Waals surface area (Å²) in [6.45, 7) is 3.35. The average molecular weight is 289 g/mol. The number of aldehydes is 1. The number of aryl methyl sites for hydroxylation is 2. The maximum Gasteiger partial charge on any atom is 0.276 e. The van der Waals surface area contributed by atoms with E-state index in [1.165, 1.54) is 12.1 Å². The fourth-order valence-corrected chi connectivity index (χ4v) is 1.97. The molecule has 2 aromatic rings. The molecule has 0 spiro atoms. The van der Waals surface area contributed by atoms with E-state index in [0.717, 1.165) is 12.1 Å². The maximum atomic E-state index is 13.3. The van der Waals surface area contributed by atoms with Crippen molar-refractivity contribution in [1.82, 2.24) is 0 Å². The molecule has 0 fully saturated rings. The highest BCUT2D eigenvalue weighted by Gasteiger charge is 2.15. The van der Waals surface area contributed by atoms with Gasteiger partial charge in [-0.05, 0) is 37.6 Å². The zero-order chi connectivity index (χ0) is 15.6. The topological polar surface area (TPSA) is 69.4 Å². The van der Waals surface area contributed by atoms with Gasteiger partial charge in [-0.3, -0.25) is 14.9 Å². The first-order chi connectivity index (χ1) is 9.90. The van der Waals surface area contributed by atoms with E-state index >= 15 is 0 Å². The molecule has 0 saturated heterocycles. The molecule has 0 unspecified atom stereocenters. The Kier molecular flexibility index (Phi) is 3.98. The van der Waals surface area contributed by atoms with Crippen molar-refractivity contribution >= 4 is 12.0 Å². The van der Waals surface area contributed by atoms with Gasteiger partial charge in [-0.2, -0.15) is 0 Å². The number of carbonyl (C=O) groups excluding carboxylic acids is 1. The largest absolute Gasteiger partial charge is 0.457 e. The molecular formula is C15H12FNO4. The molecule has 2 aromatic carbocycles. The van der Waals surface area contributed by atoms with Crippen LogP contribution in [0.25, 0.3) is 0 Å². The van der Waals surface area contributed by atoms with E-state index in [2.05, 4.69) is 0 Å². The summed E-state index contributed by atoms with van der Waals surface area (Å²) >= 11 is 0. The predicted octanol–water partition coefficient (Wildman–Crippen LogP) is 3.96. The molecule has 0 saturated carbocycles. The molecule has 6 heteroatoms. The minimum Gasteiger partial charge on any atom is -0.457 e. The van der Waals surface area contributed by atoms with E-state index in [-0.39, 0.29) is 22.7 Å². The number of benzene rings is 2. The highest BCUT2D eigenvalue weighted by atomic mass is 19.1. The smallest absolute Gasteiger partial charge is 0.276 e. The van der Waals surface area contributed by atoms with Crippen LogP contribution in [0, 0.1) is 29.8 Å². The summed E-state index contributed by atoms with van der Waals surface area (Å²) in [5, 5.41) is 10.9. The number of rotatable bonds is 4. The summed E-state index contributed by atoms with van der Waals surface area (Å²) in [6.07, 6.45) is 0.500. The number of halogens is 1. The van der Waals surface area contributed by atoms with Crippen LogP contribution in [0.5, 0.6) is 11.5 Å². The lowest BCUT2D eigenvalue weighted by molar-refractivity contribution is -0.385. The van der Waals surface area contributed by atoms with Crippen molar-refractivity contribution in [3.05, 3.63) is 63.0 Å². The zero-order valence-electron chi connectivity index (χ0n) is 11.4. The minimum atomic E-state index is -0.617. The number of nitrogens with zero attached hydrogens (tertiary/aromatic N) is 1. The molecule has 0 aliphatic heterocycles. The Bertz CT molecular complexity index is 728. The van der Waals surface area contributed by atoms with Gasteiger partial charge in [0.05, 0.1) is 11.0 Å². The normalized spacial score (nSPS) is 10.2. The number of carbonyl (C=O) groups is 1. The average Bonchev–Trinajstić information content (AvgIpc) is 2.40. The van der Waals surface area contributed by atoms with E-state index in [4.69, 9.17) is 4.74 Å². The van der Waals surface area contributed by atoms with Crippen LogP contribution in [-0.4, -0.2) is 11.2 Å². The third kappa shape index (κ3) is 3.22. The number of nitro benzene ring substituents is 1. The Balaban J connectivity index is 2.44. The SMILES string of the molecule is Cc1cc(C)c([N+](=O)[O-])cc1Oc1cc(F)cc(C=O)c1. The molecule has 0 aliphatic carbocycles. The van der Waals surface area contributed by atoms with Crippen molar-refractivity contribution in [2.75, 3.05) is 0 Å². The first-order valence-electron chi connectivity index (χ1n) is 6.10. The Morgan fingerprint density at radius 2 is 1.86 bits per heavy atom. The van der Waals surface area contributed by atoms with Gasteiger partial charge >= 0.3 is 0 Å². The molecule has 0 N–H and O–H groups in total. The molecule has 0 aromatic heterocycles. The monoisotopic (exact) mass is 289 g/mol. The second kappa shape index (κ2) is 5.70. The standard InChI is InChI=1S/C15H12FNO4/c1-9-3-10(2)15(7-14(9)17(19)20)21-13-5-11(8-18)4-12(16)6-13/h3-8H,1-2H3. The van der Waals surface area contributed by atoms with Gasteiger partial charge in [0, 0.05) is 17.2 Å². The van der Waals surface area contributed by atoms with Crippen LogP contribution >= 0.6 is 0 Å². The summed E-state index contributed by atoms with van der Waals surface area (Å²) in [4.78, 5) is 21.1. The quantitative estimate of drug-likeness (QED) is 0.485. The summed E-state index contributed by atoms with van der Waals surface area (Å²) in [5.74, 6) is -0.262. The highest BCUT2D eigenvalue weighted by Crippen LogP contribution is 2.32. The van der Waals surface area contributed by atoms with Crippen molar-refractivity contribution in [2.24, 2.45) is 0 Å². The first-order valence-corrected chi connectivity index (χ1v) is 6.10. The van der Waals surface area contributed by atoms with Crippen LogP contribution in [0.4, 0.5) is 10.1 Å². The molecule has 0 radical (unpaired) electrons. The lowest BCUT2D eigenvalue weighted by atomic mass is 10.1. The number of nitro groups is 1. The van der Waals surface area contributed by atoms with Crippen LogP contribution in [-0.2, 0) is 0 Å². The molecule has 0 heterocycles. The number of ether oxygens (including phenoxy) is 1. The van der Waals surface area contributed by atoms with Crippen LogP contribution in [0.1, 0.15) is 21.5 Å². The Labute approximate surface area is 120 Å². The van der Waals surface area contributed by atoms with Crippen molar-refractivity contribution in [3.63, 3.8) is 0 Å². The summed E-state index contributed by atoms with van der Waals surface area (Å²) < 4.78 is 18.8. The second-order valence-electron chi connectivity index (χ2n) is 4.60. The summed E-state index contributed by atoms with van der Waals surface area (Å²) in [5.41, 5.74) is 1.24. The molecule has 5 nitrogen and oxygen atoms in total. The lowest BCUT2D eigenvalue weighted by Crippen LogP contribution is -1.96. The summed E-state index contributed by atoms with van der Waals surface area (Å²) in [6, 6.07) is 6.45. The zero-order valence-corrected chi connectivity index (χ0v) is 11.4. The fraction of sp³-hybridized carbons (Fsp3) is 0.133. The van der Waals surface area contributed by atoms with Crippen molar-refractivity contribution in [3.8, 4) is 11.5 Å². The predicted molar refractivity (Wildman–Crippen MR) is 74.4 cm³/mol. The van der Waals surface area contributed by atoms with Crippen molar-refractivity contribution < 1.29 is 18.8 Å². The minimum absolute atomic E-state index is 0.0809. The maximum absolute atomic E-state index is 13.3. The number of hydrogen-bond donors (Lipinski definition) is 0.